The first-order chi connectivity index (χ1) is 12.3. The summed E-state index contributed by atoms with van der Waals surface area (Å²) >= 11 is 0. The molecule has 0 radical (unpaired) electrons. The number of nitrogens with zero attached hydrogens (tertiary/aromatic N) is 1. The molecule has 0 aromatic heterocycles. The third-order valence-corrected chi connectivity index (χ3v) is 4.65. The van der Waals surface area contributed by atoms with Crippen LogP contribution in [-0.4, -0.2) is 36.6 Å². The highest BCUT2D eigenvalue weighted by Gasteiger charge is 2.38. The molecule has 1 saturated heterocycles. The summed E-state index contributed by atoms with van der Waals surface area (Å²) in [6, 6.07) is 20.8. The van der Waals surface area contributed by atoms with Crippen LogP contribution in [0.2, 0.25) is 0 Å². The third-order valence-electron chi connectivity index (χ3n) is 4.65. The van der Waals surface area contributed by atoms with E-state index in [9.17, 15) is 4.79 Å². The molecule has 0 aliphatic carbocycles. The van der Waals surface area contributed by atoms with Crippen molar-refractivity contribution in [1.29, 1.82) is 0 Å². The van der Waals surface area contributed by atoms with Crippen molar-refractivity contribution in [1.82, 2.24) is 10.2 Å². The number of esters is 1. The van der Waals surface area contributed by atoms with Crippen LogP contribution in [0.1, 0.15) is 18.1 Å². The predicted octanol–water partition coefficient (Wildman–Crippen LogP) is 2.84. The molecule has 0 amide bonds. The molecule has 2 atom stereocenters. The standard InChI is InChI=1S/C21H26N2O2/c1-2-25-21(24)19-15-23(14-18-11-7-4-8-12-18)16-20(19)22-13-17-9-5-3-6-10-17/h3-12,19-20,22H,2,13-16H2,1H3/t19-,20-/m1/s1. The molecule has 0 unspecified atom stereocenters. The van der Waals surface area contributed by atoms with Crippen LogP contribution in [0.4, 0.5) is 0 Å². The van der Waals surface area contributed by atoms with E-state index >= 15 is 0 Å². The number of hydrogen-bond donors (Lipinski definition) is 1. The molecule has 0 spiro atoms. The lowest BCUT2D eigenvalue weighted by atomic mass is 10.0. The van der Waals surface area contributed by atoms with Crippen molar-refractivity contribution >= 4 is 5.97 Å². The molecule has 0 bridgehead atoms. The molecule has 1 fully saturated rings. The van der Waals surface area contributed by atoms with Gasteiger partial charge in [0.25, 0.3) is 0 Å². The number of nitrogens with one attached hydrogen (secondary N) is 1. The van der Waals surface area contributed by atoms with Gasteiger partial charge in [-0.3, -0.25) is 9.69 Å². The molecule has 2 aromatic rings. The first-order valence-electron chi connectivity index (χ1n) is 8.96. The van der Waals surface area contributed by atoms with Crippen molar-refractivity contribution < 1.29 is 9.53 Å². The molecule has 4 nitrogen and oxygen atoms in total. The van der Waals surface area contributed by atoms with Gasteiger partial charge in [-0.25, -0.2) is 0 Å². The van der Waals surface area contributed by atoms with Crippen molar-refractivity contribution in [3.63, 3.8) is 0 Å². The van der Waals surface area contributed by atoms with Gasteiger partial charge in [-0.05, 0) is 18.1 Å². The van der Waals surface area contributed by atoms with Gasteiger partial charge in [0.1, 0.15) is 0 Å². The second-order valence-corrected chi connectivity index (χ2v) is 6.51. The molecule has 132 valence electrons. The molecule has 1 N–H and O–H groups in total. The first kappa shape index (κ1) is 17.6. The van der Waals surface area contributed by atoms with Crippen LogP contribution in [0.5, 0.6) is 0 Å². The molecule has 3 rings (SSSR count). The van der Waals surface area contributed by atoms with Crippen molar-refractivity contribution in [3.05, 3.63) is 71.8 Å². The number of ether oxygens (including phenoxy) is 1. The Balaban J connectivity index is 1.64. The lowest BCUT2D eigenvalue weighted by Crippen LogP contribution is -2.39. The number of benzene rings is 2. The van der Waals surface area contributed by atoms with E-state index in [1.807, 2.05) is 31.2 Å². The van der Waals surface area contributed by atoms with Gasteiger partial charge in [0, 0.05) is 32.2 Å². The fraction of sp³-hybridized carbons (Fsp3) is 0.381. The maximum atomic E-state index is 12.4. The molecule has 25 heavy (non-hydrogen) atoms. The van der Waals surface area contributed by atoms with E-state index in [1.165, 1.54) is 11.1 Å². The van der Waals surface area contributed by atoms with Crippen molar-refractivity contribution in [3.8, 4) is 0 Å². The second kappa shape index (κ2) is 8.79. The quantitative estimate of drug-likeness (QED) is 0.788. The van der Waals surface area contributed by atoms with Crippen molar-refractivity contribution in [2.24, 2.45) is 5.92 Å². The maximum absolute atomic E-state index is 12.4. The van der Waals surface area contributed by atoms with Crippen LogP contribution in [0, 0.1) is 5.92 Å². The Hall–Kier alpha value is -2.17. The zero-order valence-electron chi connectivity index (χ0n) is 14.7. The Morgan fingerprint density at radius 2 is 1.68 bits per heavy atom. The van der Waals surface area contributed by atoms with Gasteiger partial charge in [-0.1, -0.05) is 60.7 Å². The van der Waals surface area contributed by atoms with Gasteiger partial charge in [0.05, 0.1) is 12.5 Å². The van der Waals surface area contributed by atoms with Crippen molar-refractivity contribution in [2.45, 2.75) is 26.1 Å². The van der Waals surface area contributed by atoms with Gasteiger partial charge in [-0.2, -0.15) is 0 Å². The van der Waals surface area contributed by atoms with Crippen LogP contribution in [0.15, 0.2) is 60.7 Å². The van der Waals surface area contributed by atoms with Gasteiger partial charge in [0.2, 0.25) is 0 Å². The van der Waals surface area contributed by atoms with Gasteiger partial charge < -0.3 is 10.1 Å². The Morgan fingerprint density at radius 3 is 2.32 bits per heavy atom. The van der Waals surface area contributed by atoms with E-state index in [0.717, 1.165) is 26.2 Å². The van der Waals surface area contributed by atoms with E-state index < -0.39 is 0 Å². The van der Waals surface area contributed by atoms with E-state index in [0.29, 0.717) is 6.61 Å². The Labute approximate surface area is 149 Å². The highest BCUT2D eigenvalue weighted by Crippen LogP contribution is 2.21. The summed E-state index contributed by atoms with van der Waals surface area (Å²) in [6.45, 7) is 5.51. The number of likely N-dealkylation sites (tertiary alicyclic amines) is 1. The zero-order chi connectivity index (χ0) is 17.5. The Bertz CT molecular complexity index is 660. The summed E-state index contributed by atoms with van der Waals surface area (Å²) in [7, 11) is 0. The van der Waals surface area contributed by atoms with E-state index in [1.54, 1.807) is 0 Å². The van der Waals surface area contributed by atoms with Crippen LogP contribution < -0.4 is 5.32 Å². The topological polar surface area (TPSA) is 41.6 Å². The average molecular weight is 338 g/mol. The predicted molar refractivity (Wildman–Crippen MR) is 98.9 cm³/mol. The number of hydrogen-bond acceptors (Lipinski definition) is 4. The molecule has 2 aromatic carbocycles. The van der Waals surface area contributed by atoms with E-state index in [4.69, 9.17) is 4.74 Å². The lowest BCUT2D eigenvalue weighted by Gasteiger charge is -2.18. The lowest BCUT2D eigenvalue weighted by molar-refractivity contribution is -0.148. The fourth-order valence-electron chi connectivity index (χ4n) is 3.40. The number of carbonyl (C=O) groups is 1. The summed E-state index contributed by atoms with van der Waals surface area (Å²) in [4.78, 5) is 14.7. The molecule has 1 aliphatic rings. The molecule has 0 saturated carbocycles. The highest BCUT2D eigenvalue weighted by atomic mass is 16.5. The minimum absolute atomic E-state index is 0.0939. The monoisotopic (exact) mass is 338 g/mol. The SMILES string of the molecule is CCOC(=O)[C@@H]1CN(Cc2ccccc2)C[C@H]1NCc1ccccc1. The molecule has 4 heteroatoms. The molecule has 1 aliphatic heterocycles. The number of rotatable bonds is 7. The summed E-state index contributed by atoms with van der Waals surface area (Å²) in [5.74, 6) is -0.212. The summed E-state index contributed by atoms with van der Waals surface area (Å²) in [6.07, 6.45) is 0. The highest BCUT2D eigenvalue weighted by molar-refractivity contribution is 5.74. The van der Waals surface area contributed by atoms with Crippen LogP contribution in [0.25, 0.3) is 0 Å². The van der Waals surface area contributed by atoms with Gasteiger partial charge >= 0.3 is 5.97 Å². The van der Waals surface area contributed by atoms with E-state index in [2.05, 4.69) is 46.6 Å². The van der Waals surface area contributed by atoms with Gasteiger partial charge in [-0.15, -0.1) is 0 Å². The first-order valence-corrected chi connectivity index (χ1v) is 8.96. The molecular formula is C21H26N2O2. The smallest absolute Gasteiger partial charge is 0.311 e. The fourth-order valence-corrected chi connectivity index (χ4v) is 3.40. The Kier molecular flexibility index (Phi) is 6.20. The number of carbonyl (C=O) groups excluding carboxylic acids is 1. The maximum Gasteiger partial charge on any atom is 0.311 e. The van der Waals surface area contributed by atoms with Crippen LogP contribution in [0.3, 0.4) is 0 Å². The third kappa shape index (κ3) is 4.91. The minimum Gasteiger partial charge on any atom is -0.466 e. The summed E-state index contributed by atoms with van der Waals surface area (Å²) < 4.78 is 5.30. The molecule has 1 heterocycles. The Morgan fingerprint density at radius 1 is 1.04 bits per heavy atom. The van der Waals surface area contributed by atoms with Gasteiger partial charge in [0.15, 0.2) is 0 Å². The minimum atomic E-state index is -0.118. The van der Waals surface area contributed by atoms with E-state index in [-0.39, 0.29) is 17.9 Å². The largest absolute Gasteiger partial charge is 0.466 e. The van der Waals surface area contributed by atoms with Crippen molar-refractivity contribution in [2.75, 3.05) is 19.7 Å². The summed E-state index contributed by atoms with van der Waals surface area (Å²) in [5, 5.41) is 3.56. The summed E-state index contributed by atoms with van der Waals surface area (Å²) in [5.41, 5.74) is 2.50. The average Bonchev–Trinajstić information content (AvgIpc) is 3.05. The second-order valence-electron chi connectivity index (χ2n) is 6.51. The zero-order valence-corrected chi connectivity index (χ0v) is 14.7. The van der Waals surface area contributed by atoms with Crippen LogP contribution >= 0.6 is 0 Å². The normalized spacial score (nSPS) is 20.5. The van der Waals surface area contributed by atoms with Crippen LogP contribution in [-0.2, 0) is 22.6 Å². The molecular weight excluding hydrogens is 312 g/mol.